The number of ketones is 1. The van der Waals surface area contributed by atoms with Gasteiger partial charge in [0.1, 0.15) is 11.3 Å². The van der Waals surface area contributed by atoms with Crippen molar-refractivity contribution in [2.24, 2.45) is 0 Å². The molecule has 1 fully saturated rings. The highest BCUT2D eigenvalue weighted by molar-refractivity contribution is 7.22. The molecule has 0 saturated carbocycles. The highest BCUT2D eigenvalue weighted by Gasteiger charge is 2.48. The van der Waals surface area contributed by atoms with Crippen molar-refractivity contribution < 1.29 is 14.7 Å². The molecular weight excluding hydrogens is 484 g/mol. The first-order valence-corrected chi connectivity index (χ1v) is 12.8. The van der Waals surface area contributed by atoms with E-state index in [0.717, 1.165) is 26.9 Å². The van der Waals surface area contributed by atoms with Crippen LogP contribution in [-0.4, -0.2) is 31.2 Å². The third-order valence-electron chi connectivity index (χ3n) is 6.79. The maximum atomic E-state index is 13.6. The summed E-state index contributed by atoms with van der Waals surface area (Å²) in [6.07, 6.45) is 1.78. The van der Waals surface area contributed by atoms with Crippen LogP contribution in [0, 0.1) is 27.7 Å². The van der Waals surface area contributed by atoms with Gasteiger partial charge in [0.15, 0.2) is 10.9 Å². The molecule has 1 saturated heterocycles. The third kappa shape index (κ3) is 3.55. The lowest BCUT2D eigenvalue weighted by Crippen LogP contribution is -2.29. The first-order chi connectivity index (χ1) is 17.7. The molecule has 5 aromatic rings. The number of nitrogens with zero attached hydrogens (tertiary/aromatic N) is 4. The van der Waals surface area contributed by atoms with Crippen molar-refractivity contribution in [3.8, 4) is 0 Å². The molecule has 7 nitrogen and oxygen atoms in total. The molecule has 1 amide bonds. The number of rotatable bonds is 3. The number of benzene rings is 2. The lowest BCUT2D eigenvalue weighted by Gasteiger charge is -2.23. The molecule has 37 heavy (non-hydrogen) atoms. The highest BCUT2D eigenvalue weighted by Crippen LogP contribution is 2.45. The molecule has 0 spiro atoms. The van der Waals surface area contributed by atoms with E-state index in [1.165, 1.54) is 16.2 Å². The first-order valence-electron chi connectivity index (χ1n) is 11.9. The molecular formula is C29H24N4O3S. The Morgan fingerprint density at radius 1 is 0.946 bits per heavy atom. The second-order valence-corrected chi connectivity index (χ2v) is 10.5. The van der Waals surface area contributed by atoms with Crippen LogP contribution < -0.4 is 4.90 Å². The molecule has 1 aliphatic heterocycles. The number of hydrogen-bond acceptors (Lipinski definition) is 6. The Balaban J connectivity index is 1.62. The third-order valence-corrected chi connectivity index (χ3v) is 7.79. The number of carbonyl (C=O) groups is 2. The van der Waals surface area contributed by atoms with Gasteiger partial charge in [0.25, 0.3) is 5.78 Å². The summed E-state index contributed by atoms with van der Waals surface area (Å²) in [6.45, 7) is 7.75. The van der Waals surface area contributed by atoms with Crippen LogP contribution in [0.5, 0.6) is 0 Å². The van der Waals surface area contributed by atoms with Crippen LogP contribution in [0.4, 0.5) is 5.13 Å². The van der Waals surface area contributed by atoms with Gasteiger partial charge in [-0.3, -0.25) is 18.9 Å². The molecule has 8 heteroatoms. The van der Waals surface area contributed by atoms with Crippen LogP contribution in [-0.2, 0) is 9.59 Å². The van der Waals surface area contributed by atoms with Crippen molar-refractivity contribution in [1.29, 1.82) is 0 Å². The molecule has 0 bridgehead atoms. The predicted octanol–water partition coefficient (Wildman–Crippen LogP) is 5.80. The molecule has 1 aliphatic rings. The Labute approximate surface area is 217 Å². The van der Waals surface area contributed by atoms with Crippen LogP contribution in [0.2, 0.25) is 0 Å². The van der Waals surface area contributed by atoms with Gasteiger partial charge in [0.2, 0.25) is 0 Å². The van der Waals surface area contributed by atoms with E-state index in [1.54, 1.807) is 17.5 Å². The second-order valence-electron chi connectivity index (χ2n) is 9.48. The molecule has 1 atom stereocenters. The van der Waals surface area contributed by atoms with E-state index < -0.39 is 17.7 Å². The van der Waals surface area contributed by atoms with E-state index in [1.807, 2.05) is 75.4 Å². The van der Waals surface area contributed by atoms with Crippen molar-refractivity contribution >= 4 is 49.8 Å². The number of aromatic nitrogens is 3. The average molecular weight is 509 g/mol. The molecule has 1 unspecified atom stereocenters. The number of imidazole rings is 1. The van der Waals surface area contributed by atoms with Gasteiger partial charge in [-0.05, 0) is 62.6 Å². The summed E-state index contributed by atoms with van der Waals surface area (Å²) < 4.78 is 2.67. The Morgan fingerprint density at radius 2 is 1.70 bits per heavy atom. The fourth-order valence-corrected chi connectivity index (χ4v) is 6.25. The van der Waals surface area contributed by atoms with E-state index in [4.69, 9.17) is 4.98 Å². The molecule has 184 valence electrons. The van der Waals surface area contributed by atoms with Gasteiger partial charge in [-0.25, -0.2) is 9.97 Å². The minimum absolute atomic E-state index is 0.0229. The number of aryl methyl sites for hydroxylation is 4. The van der Waals surface area contributed by atoms with Crippen LogP contribution in [0.3, 0.4) is 0 Å². The summed E-state index contributed by atoms with van der Waals surface area (Å²) in [5.74, 6) is -1.72. The zero-order valence-electron chi connectivity index (χ0n) is 20.8. The molecule has 0 radical (unpaired) electrons. The smallest absolute Gasteiger partial charge is 0.301 e. The van der Waals surface area contributed by atoms with Crippen LogP contribution in [0.25, 0.3) is 21.6 Å². The summed E-state index contributed by atoms with van der Waals surface area (Å²) in [5.41, 5.74) is 6.27. The number of carbonyl (C=O) groups excluding carboxylic acids is 2. The quantitative estimate of drug-likeness (QED) is 0.189. The molecule has 4 heterocycles. The minimum Gasteiger partial charge on any atom is -0.505 e. The van der Waals surface area contributed by atoms with Gasteiger partial charge in [0.05, 0.1) is 27.5 Å². The number of anilines is 1. The largest absolute Gasteiger partial charge is 0.505 e. The van der Waals surface area contributed by atoms with Gasteiger partial charge in [-0.15, -0.1) is 0 Å². The average Bonchev–Trinajstić information content (AvgIpc) is 3.51. The van der Waals surface area contributed by atoms with Gasteiger partial charge in [-0.2, -0.15) is 0 Å². The molecule has 0 aliphatic carbocycles. The fraction of sp³-hybridized carbons (Fsp3) is 0.172. The lowest BCUT2D eigenvalue weighted by atomic mass is 9.96. The first kappa shape index (κ1) is 23.1. The molecule has 3 aromatic heterocycles. The van der Waals surface area contributed by atoms with Crippen molar-refractivity contribution in [3.05, 3.63) is 100 Å². The number of aliphatic hydroxyl groups is 1. The minimum atomic E-state index is -0.837. The number of fused-ring (bicyclic) bond motifs is 2. The zero-order valence-corrected chi connectivity index (χ0v) is 21.6. The van der Waals surface area contributed by atoms with Gasteiger partial charge >= 0.3 is 5.91 Å². The van der Waals surface area contributed by atoms with Crippen molar-refractivity contribution in [3.63, 3.8) is 0 Å². The number of amides is 1. The fourth-order valence-electron chi connectivity index (χ4n) is 5.08. The zero-order chi connectivity index (χ0) is 26.0. The van der Waals surface area contributed by atoms with E-state index in [-0.39, 0.29) is 11.3 Å². The van der Waals surface area contributed by atoms with E-state index in [0.29, 0.717) is 27.7 Å². The van der Waals surface area contributed by atoms with Gasteiger partial charge in [-0.1, -0.05) is 53.3 Å². The van der Waals surface area contributed by atoms with Crippen molar-refractivity contribution in [2.75, 3.05) is 4.90 Å². The van der Waals surface area contributed by atoms with E-state index in [2.05, 4.69) is 4.98 Å². The number of thiazole rings is 1. The Hall–Kier alpha value is -4.30. The Kier molecular flexibility index (Phi) is 5.24. The number of aliphatic hydroxyl groups excluding tert-OH is 1. The molecule has 6 rings (SSSR count). The lowest BCUT2D eigenvalue weighted by molar-refractivity contribution is -0.132. The van der Waals surface area contributed by atoms with Crippen LogP contribution in [0.15, 0.2) is 66.4 Å². The van der Waals surface area contributed by atoms with Crippen molar-refractivity contribution in [1.82, 2.24) is 14.4 Å². The molecule has 2 aromatic carbocycles. The number of Topliss-reactive ketones (excluding diaryl/α,β-unsaturated/α-hetero) is 1. The summed E-state index contributed by atoms with van der Waals surface area (Å²) in [5, 5.41) is 12.1. The topological polar surface area (TPSA) is 87.8 Å². The molecule has 1 N–H and O–H groups in total. The number of hydrogen-bond donors (Lipinski definition) is 1. The summed E-state index contributed by atoms with van der Waals surface area (Å²) in [7, 11) is 0. The van der Waals surface area contributed by atoms with Crippen LogP contribution >= 0.6 is 11.3 Å². The number of pyridine rings is 1. The monoisotopic (exact) mass is 508 g/mol. The maximum Gasteiger partial charge on any atom is 0.301 e. The normalized spacial score (nSPS) is 17.4. The van der Waals surface area contributed by atoms with E-state index in [9.17, 15) is 14.7 Å². The Bertz CT molecular complexity index is 1780. The predicted molar refractivity (Wildman–Crippen MR) is 145 cm³/mol. The summed E-state index contributed by atoms with van der Waals surface area (Å²) in [6, 6.07) is 16.4. The van der Waals surface area contributed by atoms with E-state index >= 15 is 0 Å². The van der Waals surface area contributed by atoms with Crippen molar-refractivity contribution in [2.45, 2.75) is 33.7 Å². The standard InChI is InChI=1S/C29H24N4O3S/c1-15-8-10-19(11-9-15)25-22(26(34)24-18(4)30-21-7-5-6-12-32(21)24)27(35)28(36)33(25)29-31-23-17(3)13-16(2)14-20(23)37-29/h5-14,25,34H,1-4H3. The van der Waals surface area contributed by atoms with Crippen LogP contribution in [0.1, 0.15) is 39.7 Å². The maximum absolute atomic E-state index is 13.6. The van der Waals surface area contributed by atoms with Gasteiger partial charge < -0.3 is 5.11 Å². The van der Waals surface area contributed by atoms with Gasteiger partial charge in [0, 0.05) is 6.20 Å². The second kappa shape index (κ2) is 8.38. The summed E-state index contributed by atoms with van der Waals surface area (Å²) in [4.78, 5) is 37.9. The highest BCUT2D eigenvalue weighted by atomic mass is 32.1. The SMILES string of the molecule is Cc1ccc(C2C(=C(O)c3c(C)nc4ccccn34)C(=O)C(=O)N2c2nc3c(C)cc(C)cc3s2)cc1. The Morgan fingerprint density at radius 3 is 2.46 bits per heavy atom. The summed E-state index contributed by atoms with van der Waals surface area (Å²) >= 11 is 1.37.